The highest BCUT2D eigenvalue weighted by molar-refractivity contribution is 7.89. The maximum absolute atomic E-state index is 13.0. The molecule has 0 bridgehead atoms. The average molecular weight is 427 g/mol. The smallest absolute Gasteiger partial charge is 0.337 e. The number of carbonyl (C=O) groups excluding carboxylic acids is 1. The molecule has 0 aromatic heterocycles. The van der Waals surface area contributed by atoms with Crippen molar-refractivity contribution in [2.24, 2.45) is 5.14 Å². The van der Waals surface area contributed by atoms with Crippen molar-refractivity contribution >= 4 is 26.0 Å². The number of aryl methyl sites for hydroxylation is 1. The normalized spacial score (nSPS) is 13.4. The van der Waals surface area contributed by atoms with Crippen molar-refractivity contribution in [2.45, 2.75) is 29.7 Å². The number of hydrogen-bond acceptors (Lipinski definition) is 6. The first-order valence-electron chi connectivity index (χ1n) is 8.19. The Morgan fingerprint density at radius 1 is 1.07 bits per heavy atom. The Hall–Kier alpha value is -2.27. The third-order valence-corrected chi connectivity index (χ3v) is 7.51. The fraction of sp³-hybridized carbons (Fsp3) is 0.278. The van der Waals surface area contributed by atoms with Crippen LogP contribution in [0.25, 0.3) is 0 Å². The van der Waals surface area contributed by atoms with Crippen LogP contribution in [0.1, 0.15) is 34.5 Å². The van der Waals surface area contributed by atoms with Gasteiger partial charge in [-0.15, -0.1) is 0 Å². The zero-order valence-electron chi connectivity index (χ0n) is 15.9. The minimum atomic E-state index is -3.87. The van der Waals surface area contributed by atoms with Crippen molar-refractivity contribution in [3.05, 3.63) is 59.2 Å². The molecule has 1 atom stereocenters. The van der Waals surface area contributed by atoms with Gasteiger partial charge in [0.05, 0.1) is 22.5 Å². The number of rotatable bonds is 6. The van der Waals surface area contributed by atoms with Gasteiger partial charge in [-0.25, -0.2) is 26.8 Å². The quantitative estimate of drug-likeness (QED) is 0.703. The molecule has 0 heterocycles. The number of carbonyl (C=O) groups is 1. The van der Waals surface area contributed by atoms with Crippen molar-refractivity contribution in [1.82, 2.24) is 4.31 Å². The second kappa shape index (κ2) is 8.00. The van der Waals surface area contributed by atoms with Crippen molar-refractivity contribution in [1.29, 1.82) is 0 Å². The number of methoxy groups -OCH3 is 1. The molecule has 0 spiro atoms. The van der Waals surface area contributed by atoms with Gasteiger partial charge < -0.3 is 4.74 Å². The van der Waals surface area contributed by atoms with E-state index in [0.717, 1.165) is 0 Å². The zero-order chi connectivity index (χ0) is 21.3. The minimum absolute atomic E-state index is 0.0526. The molecular weight excluding hydrogens is 404 g/mol. The van der Waals surface area contributed by atoms with Gasteiger partial charge in [0.2, 0.25) is 20.0 Å². The van der Waals surface area contributed by atoms with E-state index in [1.165, 1.54) is 60.9 Å². The van der Waals surface area contributed by atoms with Gasteiger partial charge in [-0.3, -0.25) is 0 Å². The van der Waals surface area contributed by atoms with E-state index in [-0.39, 0.29) is 15.4 Å². The molecule has 2 aromatic carbocycles. The van der Waals surface area contributed by atoms with Crippen molar-refractivity contribution < 1.29 is 26.4 Å². The number of benzene rings is 2. The summed E-state index contributed by atoms with van der Waals surface area (Å²) in [6.45, 7) is 3.28. The van der Waals surface area contributed by atoms with Gasteiger partial charge in [0.1, 0.15) is 0 Å². The summed E-state index contributed by atoms with van der Waals surface area (Å²) in [5.74, 6) is -0.552. The molecular formula is C18H22N2O6S2. The van der Waals surface area contributed by atoms with E-state index in [1.807, 2.05) is 0 Å². The molecule has 2 rings (SSSR count). The molecule has 0 aliphatic carbocycles. The number of nitrogens with zero attached hydrogens (tertiary/aromatic N) is 1. The van der Waals surface area contributed by atoms with Gasteiger partial charge in [-0.2, -0.15) is 4.31 Å². The second-order valence-electron chi connectivity index (χ2n) is 6.28. The van der Waals surface area contributed by atoms with E-state index < -0.39 is 32.1 Å². The number of nitrogens with two attached hydrogens (primary N) is 1. The molecule has 10 heteroatoms. The lowest BCUT2D eigenvalue weighted by Gasteiger charge is -2.25. The summed E-state index contributed by atoms with van der Waals surface area (Å²) >= 11 is 0. The van der Waals surface area contributed by atoms with Crippen LogP contribution >= 0.6 is 0 Å². The SMILES string of the molecule is COC(=O)c1ccc(S(=O)(=O)N(C)C(C)c2ccc(S(N)(=O)=O)cc2)c(C)c1. The van der Waals surface area contributed by atoms with Gasteiger partial charge in [-0.1, -0.05) is 12.1 Å². The summed E-state index contributed by atoms with van der Waals surface area (Å²) in [5, 5.41) is 5.08. The summed E-state index contributed by atoms with van der Waals surface area (Å²) in [7, 11) is -5.01. The van der Waals surface area contributed by atoms with E-state index in [9.17, 15) is 21.6 Å². The van der Waals surface area contributed by atoms with Crippen molar-refractivity contribution in [2.75, 3.05) is 14.2 Å². The zero-order valence-corrected chi connectivity index (χ0v) is 17.5. The lowest BCUT2D eigenvalue weighted by molar-refractivity contribution is 0.0600. The summed E-state index contributed by atoms with van der Waals surface area (Å²) in [4.78, 5) is 11.6. The number of sulfonamides is 2. The monoisotopic (exact) mass is 426 g/mol. The summed E-state index contributed by atoms with van der Waals surface area (Å²) in [5.41, 5.74) is 1.27. The van der Waals surface area contributed by atoms with E-state index in [2.05, 4.69) is 4.74 Å². The van der Waals surface area contributed by atoms with Crippen LogP contribution in [0.4, 0.5) is 0 Å². The van der Waals surface area contributed by atoms with Crippen LogP contribution in [-0.2, 0) is 24.8 Å². The summed E-state index contributed by atoms with van der Waals surface area (Å²) in [6, 6.07) is 9.34. The first-order chi connectivity index (χ1) is 12.9. The van der Waals surface area contributed by atoms with Crippen LogP contribution in [0.3, 0.4) is 0 Å². The standard InChI is InChI=1S/C18H22N2O6S2/c1-12-11-15(18(21)26-4)7-10-17(12)28(24,25)20(3)13(2)14-5-8-16(9-6-14)27(19,22)23/h5-11,13H,1-4H3,(H2,19,22,23). The molecule has 2 N–H and O–H groups in total. The molecule has 1 unspecified atom stereocenters. The predicted octanol–water partition coefficient (Wildman–Crippen LogP) is 1.81. The van der Waals surface area contributed by atoms with Gasteiger partial charge in [0.15, 0.2) is 0 Å². The lowest BCUT2D eigenvalue weighted by atomic mass is 10.1. The van der Waals surface area contributed by atoms with Crippen LogP contribution in [0.15, 0.2) is 52.3 Å². The number of primary sulfonamides is 1. The van der Waals surface area contributed by atoms with Crippen LogP contribution in [-0.4, -0.2) is 41.3 Å². The highest BCUT2D eigenvalue weighted by atomic mass is 32.2. The van der Waals surface area contributed by atoms with Crippen molar-refractivity contribution in [3.8, 4) is 0 Å². The second-order valence-corrected chi connectivity index (χ2v) is 9.81. The lowest BCUT2D eigenvalue weighted by Crippen LogP contribution is -2.30. The van der Waals surface area contributed by atoms with Crippen LogP contribution in [0.5, 0.6) is 0 Å². The molecule has 0 saturated carbocycles. The number of ether oxygens (including phenoxy) is 1. The Morgan fingerprint density at radius 3 is 2.11 bits per heavy atom. The summed E-state index contributed by atoms with van der Waals surface area (Å²) in [6.07, 6.45) is 0. The molecule has 0 aliphatic rings. The molecule has 0 radical (unpaired) electrons. The molecule has 0 aliphatic heterocycles. The largest absolute Gasteiger partial charge is 0.465 e. The highest BCUT2D eigenvalue weighted by Crippen LogP contribution is 2.28. The maximum atomic E-state index is 13.0. The molecule has 0 saturated heterocycles. The van der Waals surface area contributed by atoms with E-state index in [4.69, 9.17) is 5.14 Å². The van der Waals surface area contributed by atoms with Crippen LogP contribution in [0, 0.1) is 6.92 Å². The molecule has 152 valence electrons. The van der Waals surface area contributed by atoms with E-state index in [0.29, 0.717) is 11.1 Å². The molecule has 0 fully saturated rings. The number of hydrogen-bond donors (Lipinski definition) is 1. The Labute approximate surface area is 165 Å². The molecule has 2 aromatic rings. The van der Waals surface area contributed by atoms with Crippen LogP contribution < -0.4 is 5.14 Å². The van der Waals surface area contributed by atoms with Gasteiger partial charge >= 0.3 is 5.97 Å². The summed E-state index contributed by atoms with van der Waals surface area (Å²) < 4.78 is 54.6. The first-order valence-corrected chi connectivity index (χ1v) is 11.2. The Balaban J connectivity index is 2.36. The highest BCUT2D eigenvalue weighted by Gasteiger charge is 2.28. The molecule has 0 amide bonds. The molecule has 8 nitrogen and oxygen atoms in total. The fourth-order valence-corrected chi connectivity index (χ4v) is 4.76. The van der Waals surface area contributed by atoms with Gasteiger partial charge in [0.25, 0.3) is 0 Å². The first kappa shape index (κ1) is 22.0. The Kier molecular flexibility index (Phi) is 6.29. The Morgan fingerprint density at radius 2 is 1.64 bits per heavy atom. The number of esters is 1. The topological polar surface area (TPSA) is 124 Å². The van der Waals surface area contributed by atoms with E-state index >= 15 is 0 Å². The average Bonchev–Trinajstić information content (AvgIpc) is 2.65. The van der Waals surface area contributed by atoms with Gasteiger partial charge in [0, 0.05) is 13.1 Å². The fourth-order valence-electron chi connectivity index (χ4n) is 2.69. The van der Waals surface area contributed by atoms with Crippen molar-refractivity contribution in [3.63, 3.8) is 0 Å². The predicted molar refractivity (Wildman–Crippen MR) is 104 cm³/mol. The molecule has 28 heavy (non-hydrogen) atoms. The van der Waals surface area contributed by atoms with E-state index in [1.54, 1.807) is 13.8 Å². The maximum Gasteiger partial charge on any atom is 0.337 e. The third-order valence-electron chi connectivity index (χ3n) is 4.49. The van der Waals surface area contributed by atoms with Crippen LogP contribution in [0.2, 0.25) is 0 Å². The third kappa shape index (κ3) is 4.41. The van der Waals surface area contributed by atoms with Gasteiger partial charge in [-0.05, 0) is 55.3 Å². The Bertz CT molecular complexity index is 1090. The minimum Gasteiger partial charge on any atom is -0.465 e.